The van der Waals surface area contributed by atoms with Gasteiger partial charge in [-0.15, -0.1) is 0 Å². The molecule has 0 saturated carbocycles. The van der Waals surface area contributed by atoms with E-state index in [2.05, 4.69) is 63.1 Å². The molecule has 4 nitrogen and oxygen atoms in total. The first kappa shape index (κ1) is 20.9. The first-order valence-corrected chi connectivity index (χ1v) is 10.6. The highest BCUT2D eigenvalue weighted by atomic mass is 79.9. The van der Waals surface area contributed by atoms with Crippen molar-refractivity contribution in [2.24, 2.45) is 0 Å². The summed E-state index contributed by atoms with van der Waals surface area (Å²) in [5.41, 5.74) is 3.14. The molecule has 1 unspecified atom stereocenters. The van der Waals surface area contributed by atoms with Crippen molar-refractivity contribution in [3.05, 3.63) is 64.1 Å². The number of nitriles is 1. The maximum atomic E-state index is 8.95. The van der Waals surface area contributed by atoms with E-state index in [0.717, 1.165) is 36.1 Å². The maximum Gasteiger partial charge on any atom is 0.0991 e. The van der Waals surface area contributed by atoms with E-state index < -0.39 is 0 Å². The first-order chi connectivity index (χ1) is 13.6. The number of ether oxygens (including phenoxy) is 1. The summed E-state index contributed by atoms with van der Waals surface area (Å²) >= 11 is 3.51. The molecular formula is C23H28BrN3O. The second kappa shape index (κ2) is 10.1. The molecule has 0 aromatic heterocycles. The Morgan fingerprint density at radius 1 is 1.14 bits per heavy atom. The van der Waals surface area contributed by atoms with Crippen LogP contribution in [0.5, 0.6) is 0 Å². The summed E-state index contributed by atoms with van der Waals surface area (Å²) in [7, 11) is 3.99. The van der Waals surface area contributed by atoms with E-state index in [-0.39, 0.29) is 6.10 Å². The molecule has 1 atom stereocenters. The molecule has 1 heterocycles. The Kier molecular flexibility index (Phi) is 7.50. The van der Waals surface area contributed by atoms with E-state index in [4.69, 9.17) is 10.00 Å². The van der Waals surface area contributed by atoms with Gasteiger partial charge in [0.15, 0.2) is 0 Å². The molecule has 5 heteroatoms. The number of anilines is 1. The van der Waals surface area contributed by atoms with E-state index >= 15 is 0 Å². The van der Waals surface area contributed by atoms with Crippen LogP contribution in [-0.2, 0) is 4.74 Å². The monoisotopic (exact) mass is 441 g/mol. The Hall–Kier alpha value is -1.87. The van der Waals surface area contributed by atoms with E-state index in [1.165, 1.54) is 18.5 Å². The van der Waals surface area contributed by atoms with Gasteiger partial charge in [-0.1, -0.05) is 28.1 Å². The number of nitrogens with zero attached hydrogens (tertiary/aromatic N) is 3. The van der Waals surface area contributed by atoms with Gasteiger partial charge in [0.1, 0.15) is 0 Å². The molecule has 2 aromatic rings. The number of hydrogen-bond acceptors (Lipinski definition) is 4. The van der Waals surface area contributed by atoms with Crippen LogP contribution in [-0.4, -0.2) is 44.7 Å². The van der Waals surface area contributed by atoms with Crippen LogP contribution in [0.15, 0.2) is 53.0 Å². The van der Waals surface area contributed by atoms with E-state index in [1.54, 1.807) is 7.11 Å². The predicted octanol–water partition coefficient (Wildman–Crippen LogP) is 5.00. The van der Waals surface area contributed by atoms with E-state index in [9.17, 15) is 0 Å². The SMILES string of the molecule is COC(CCN(C)C1CCN(c2ccc(Br)cc2)CC1)c1ccc(C#N)cc1. The third-order valence-corrected chi connectivity index (χ3v) is 6.25. The predicted molar refractivity (Wildman–Crippen MR) is 118 cm³/mol. The minimum atomic E-state index is 0.0676. The molecule has 2 aromatic carbocycles. The molecule has 0 amide bonds. The van der Waals surface area contributed by atoms with Crippen molar-refractivity contribution >= 4 is 21.6 Å². The van der Waals surface area contributed by atoms with Gasteiger partial charge < -0.3 is 14.5 Å². The van der Waals surface area contributed by atoms with Gasteiger partial charge in [0.2, 0.25) is 0 Å². The normalized spacial score (nSPS) is 16.2. The molecule has 0 N–H and O–H groups in total. The summed E-state index contributed by atoms with van der Waals surface area (Å²) < 4.78 is 6.84. The van der Waals surface area contributed by atoms with Crippen LogP contribution in [0.25, 0.3) is 0 Å². The van der Waals surface area contributed by atoms with Crippen LogP contribution in [0.4, 0.5) is 5.69 Å². The number of benzene rings is 2. The largest absolute Gasteiger partial charge is 0.377 e. The lowest BCUT2D eigenvalue weighted by Gasteiger charge is -2.38. The molecule has 1 aliphatic heterocycles. The van der Waals surface area contributed by atoms with Gasteiger partial charge in [0, 0.05) is 42.9 Å². The number of methoxy groups -OCH3 is 1. The molecule has 148 valence electrons. The lowest BCUT2D eigenvalue weighted by molar-refractivity contribution is 0.0785. The van der Waals surface area contributed by atoms with Crippen molar-refractivity contribution in [2.75, 3.05) is 38.7 Å². The van der Waals surface area contributed by atoms with Crippen molar-refractivity contribution in [3.8, 4) is 6.07 Å². The van der Waals surface area contributed by atoms with Crippen molar-refractivity contribution in [1.29, 1.82) is 5.26 Å². The van der Waals surface area contributed by atoms with Gasteiger partial charge in [0.25, 0.3) is 0 Å². The second-order valence-corrected chi connectivity index (χ2v) is 8.34. The quantitative estimate of drug-likeness (QED) is 0.605. The Morgan fingerprint density at radius 3 is 2.36 bits per heavy atom. The summed E-state index contributed by atoms with van der Waals surface area (Å²) in [5, 5.41) is 8.95. The van der Waals surface area contributed by atoms with E-state index in [0.29, 0.717) is 11.6 Å². The standard InChI is InChI=1S/C23H28BrN3O/c1-26(14-13-23(28-2)19-5-3-18(17-25)4-6-19)21-11-15-27(16-12-21)22-9-7-20(24)8-10-22/h3-10,21,23H,11-16H2,1-2H3. The molecule has 0 aliphatic carbocycles. The molecule has 0 radical (unpaired) electrons. The Morgan fingerprint density at radius 2 is 1.79 bits per heavy atom. The second-order valence-electron chi connectivity index (χ2n) is 7.42. The number of rotatable bonds is 7. The summed E-state index contributed by atoms with van der Waals surface area (Å²) in [6.45, 7) is 3.20. The summed E-state index contributed by atoms with van der Waals surface area (Å²) in [5.74, 6) is 0. The lowest BCUT2D eigenvalue weighted by Crippen LogP contribution is -2.43. The Bertz CT molecular complexity index is 777. The topological polar surface area (TPSA) is 39.5 Å². The fraction of sp³-hybridized carbons (Fsp3) is 0.435. The smallest absolute Gasteiger partial charge is 0.0991 e. The molecule has 3 rings (SSSR count). The van der Waals surface area contributed by atoms with Gasteiger partial charge in [-0.3, -0.25) is 0 Å². The highest BCUT2D eigenvalue weighted by Crippen LogP contribution is 2.25. The summed E-state index contributed by atoms with van der Waals surface area (Å²) in [6.07, 6.45) is 3.38. The van der Waals surface area contributed by atoms with Crippen molar-refractivity contribution < 1.29 is 4.74 Å². The van der Waals surface area contributed by atoms with Crippen LogP contribution >= 0.6 is 15.9 Å². The van der Waals surface area contributed by atoms with Crippen LogP contribution in [0.1, 0.15) is 36.5 Å². The van der Waals surface area contributed by atoms with Gasteiger partial charge in [-0.2, -0.15) is 5.26 Å². The zero-order chi connectivity index (χ0) is 19.9. The molecule has 1 aliphatic rings. The maximum absolute atomic E-state index is 8.95. The third-order valence-electron chi connectivity index (χ3n) is 5.72. The lowest BCUT2D eigenvalue weighted by atomic mass is 10.0. The minimum absolute atomic E-state index is 0.0676. The van der Waals surface area contributed by atoms with Crippen molar-refractivity contribution in [3.63, 3.8) is 0 Å². The van der Waals surface area contributed by atoms with Gasteiger partial charge in [-0.05, 0) is 68.3 Å². The van der Waals surface area contributed by atoms with Crippen LogP contribution in [0.3, 0.4) is 0 Å². The average molecular weight is 442 g/mol. The van der Waals surface area contributed by atoms with Crippen molar-refractivity contribution in [1.82, 2.24) is 4.90 Å². The minimum Gasteiger partial charge on any atom is -0.377 e. The Balaban J connectivity index is 1.48. The summed E-state index contributed by atoms with van der Waals surface area (Å²) in [6, 6.07) is 19.1. The van der Waals surface area contributed by atoms with Gasteiger partial charge >= 0.3 is 0 Å². The van der Waals surface area contributed by atoms with Crippen LogP contribution in [0.2, 0.25) is 0 Å². The molecule has 1 fully saturated rings. The van der Waals surface area contributed by atoms with Gasteiger partial charge in [0.05, 0.1) is 17.7 Å². The van der Waals surface area contributed by atoms with Crippen molar-refractivity contribution in [2.45, 2.75) is 31.4 Å². The highest BCUT2D eigenvalue weighted by Gasteiger charge is 2.23. The fourth-order valence-corrected chi connectivity index (χ4v) is 4.18. The van der Waals surface area contributed by atoms with Crippen LogP contribution < -0.4 is 4.90 Å². The average Bonchev–Trinajstić information content (AvgIpc) is 2.75. The first-order valence-electron chi connectivity index (χ1n) is 9.84. The summed E-state index contributed by atoms with van der Waals surface area (Å²) in [4.78, 5) is 4.96. The number of piperidine rings is 1. The number of halogens is 1. The molecule has 0 bridgehead atoms. The third kappa shape index (κ3) is 5.35. The van der Waals surface area contributed by atoms with Crippen LogP contribution in [0, 0.1) is 11.3 Å². The molecule has 28 heavy (non-hydrogen) atoms. The fourth-order valence-electron chi connectivity index (χ4n) is 3.91. The Labute approximate surface area is 176 Å². The molecule has 0 spiro atoms. The molecular weight excluding hydrogens is 414 g/mol. The zero-order valence-electron chi connectivity index (χ0n) is 16.6. The number of hydrogen-bond donors (Lipinski definition) is 0. The van der Waals surface area contributed by atoms with E-state index in [1.807, 2.05) is 24.3 Å². The van der Waals surface area contributed by atoms with Gasteiger partial charge in [-0.25, -0.2) is 0 Å². The highest BCUT2D eigenvalue weighted by molar-refractivity contribution is 9.10. The molecule has 1 saturated heterocycles. The zero-order valence-corrected chi connectivity index (χ0v) is 18.2.